The number of rotatable bonds is 5. The Balaban J connectivity index is 1.58. The molecule has 3 rings (SSSR count). The molecule has 0 spiro atoms. The highest BCUT2D eigenvalue weighted by Gasteiger charge is 2.28. The third-order valence-electron chi connectivity index (χ3n) is 3.91. The molecule has 0 radical (unpaired) electrons. The van der Waals surface area contributed by atoms with E-state index in [4.69, 9.17) is 4.74 Å². The second-order valence-electron chi connectivity index (χ2n) is 6.00. The first-order chi connectivity index (χ1) is 12.0. The van der Waals surface area contributed by atoms with E-state index in [0.717, 1.165) is 4.68 Å². The lowest BCUT2D eigenvalue weighted by Gasteiger charge is -2.17. The summed E-state index contributed by atoms with van der Waals surface area (Å²) >= 11 is 0. The molecule has 0 aromatic carbocycles. The molecule has 0 aliphatic carbocycles. The number of anilines is 1. The number of carbonyl (C=O) groups excluding carboxylic acids is 1. The molecule has 1 fully saturated rings. The first kappa shape index (κ1) is 16.9. The molecule has 0 N–H and O–H groups in total. The molecular weight excluding hydrogens is 324 g/mol. The van der Waals surface area contributed by atoms with Gasteiger partial charge < -0.3 is 14.5 Å². The lowest BCUT2D eigenvalue weighted by atomic mass is 10.3. The van der Waals surface area contributed by atoms with Crippen molar-refractivity contribution in [3.63, 3.8) is 0 Å². The lowest BCUT2D eigenvalue weighted by Crippen LogP contribution is -2.36. The summed E-state index contributed by atoms with van der Waals surface area (Å²) < 4.78 is 7.00. The highest BCUT2D eigenvalue weighted by Crippen LogP contribution is 2.18. The van der Waals surface area contributed by atoms with Crippen LogP contribution in [0.15, 0.2) is 35.5 Å². The normalized spacial score (nSPS) is 16.7. The second-order valence-corrected chi connectivity index (χ2v) is 6.00. The fourth-order valence-corrected chi connectivity index (χ4v) is 2.57. The van der Waals surface area contributed by atoms with Crippen LogP contribution >= 0.6 is 0 Å². The van der Waals surface area contributed by atoms with Crippen LogP contribution in [0.4, 0.5) is 5.82 Å². The summed E-state index contributed by atoms with van der Waals surface area (Å²) in [7, 11) is 3.76. The van der Waals surface area contributed by atoms with Crippen molar-refractivity contribution in [1.29, 1.82) is 0 Å². The molecule has 1 saturated heterocycles. The summed E-state index contributed by atoms with van der Waals surface area (Å²) in [5.41, 5.74) is -0.293. The first-order valence-corrected chi connectivity index (χ1v) is 7.99. The molecule has 2 aromatic heterocycles. The molecule has 25 heavy (non-hydrogen) atoms. The van der Waals surface area contributed by atoms with E-state index in [1.54, 1.807) is 23.4 Å². The maximum absolute atomic E-state index is 12.3. The van der Waals surface area contributed by atoms with Crippen LogP contribution in [-0.2, 0) is 11.3 Å². The smallest absolute Gasteiger partial charge is 0.267 e. The van der Waals surface area contributed by atoms with Gasteiger partial charge in [-0.15, -0.1) is 0 Å². The van der Waals surface area contributed by atoms with Crippen molar-refractivity contribution >= 4 is 11.7 Å². The standard InChI is InChI=1S/C16H20N6O3/c1-20(2)13-8-17-9-14(19-13)25-12-5-7-21(10-12)16(24)11-22-15(23)4-3-6-18-22/h3-4,6,8-9,12H,5,7,10-11H2,1-2H3/t12-/m0/s1. The number of hydrogen-bond acceptors (Lipinski definition) is 7. The quantitative estimate of drug-likeness (QED) is 0.740. The maximum atomic E-state index is 12.3. The monoisotopic (exact) mass is 344 g/mol. The molecule has 9 heteroatoms. The predicted molar refractivity (Wildman–Crippen MR) is 90.5 cm³/mol. The molecule has 1 atom stereocenters. The minimum atomic E-state index is -0.293. The fraction of sp³-hybridized carbons (Fsp3) is 0.438. The van der Waals surface area contributed by atoms with E-state index < -0.39 is 0 Å². The van der Waals surface area contributed by atoms with Crippen molar-refractivity contribution in [2.24, 2.45) is 0 Å². The third kappa shape index (κ3) is 4.11. The highest BCUT2D eigenvalue weighted by atomic mass is 16.5. The van der Waals surface area contributed by atoms with Crippen LogP contribution in [0, 0.1) is 0 Å². The maximum Gasteiger partial charge on any atom is 0.267 e. The van der Waals surface area contributed by atoms with Gasteiger partial charge in [0, 0.05) is 39.3 Å². The minimum Gasteiger partial charge on any atom is -0.471 e. The van der Waals surface area contributed by atoms with Crippen LogP contribution < -0.4 is 15.2 Å². The second kappa shape index (κ2) is 7.29. The summed E-state index contributed by atoms with van der Waals surface area (Å²) in [5.74, 6) is 0.990. The summed E-state index contributed by atoms with van der Waals surface area (Å²) in [6, 6.07) is 2.93. The Morgan fingerprint density at radius 3 is 3.00 bits per heavy atom. The van der Waals surface area contributed by atoms with E-state index in [1.165, 1.54) is 12.3 Å². The molecular formula is C16H20N6O3. The van der Waals surface area contributed by atoms with Crippen molar-refractivity contribution in [3.8, 4) is 5.88 Å². The Kier molecular flexibility index (Phi) is 4.92. The molecule has 3 heterocycles. The number of likely N-dealkylation sites (tertiary alicyclic amines) is 1. The highest BCUT2D eigenvalue weighted by molar-refractivity contribution is 5.76. The van der Waals surface area contributed by atoms with Crippen LogP contribution in [0.1, 0.15) is 6.42 Å². The molecule has 0 bridgehead atoms. The number of aromatic nitrogens is 4. The van der Waals surface area contributed by atoms with Crippen LogP contribution in [-0.4, -0.2) is 63.8 Å². The van der Waals surface area contributed by atoms with Gasteiger partial charge >= 0.3 is 0 Å². The van der Waals surface area contributed by atoms with Gasteiger partial charge in [-0.05, 0) is 6.07 Å². The Morgan fingerprint density at radius 2 is 2.24 bits per heavy atom. The van der Waals surface area contributed by atoms with E-state index in [2.05, 4.69) is 15.1 Å². The van der Waals surface area contributed by atoms with E-state index in [9.17, 15) is 9.59 Å². The summed E-state index contributed by atoms with van der Waals surface area (Å²) in [6.07, 6.45) is 5.26. The van der Waals surface area contributed by atoms with E-state index in [1.807, 2.05) is 19.0 Å². The third-order valence-corrected chi connectivity index (χ3v) is 3.91. The molecule has 0 unspecified atom stereocenters. The topological polar surface area (TPSA) is 93.5 Å². The Hall–Kier alpha value is -2.97. The van der Waals surface area contributed by atoms with Crippen LogP contribution in [0.2, 0.25) is 0 Å². The SMILES string of the molecule is CN(C)c1cncc(O[C@H]2CCN(C(=O)Cn3ncccc3=O)C2)n1. The molecule has 132 valence electrons. The van der Waals surface area contributed by atoms with Crippen LogP contribution in [0.3, 0.4) is 0 Å². The van der Waals surface area contributed by atoms with E-state index >= 15 is 0 Å². The van der Waals surface area contributed by atoms with Crippen molar-refractivity contribution in [1.82, 2.24) is 24.6 Å². The van der Waals surface area contributed by atoms with Gasteiger partial charge in [-0.1, -0.05) is 0 Å². The zero-order valence-corrected chi connectivity index (χ0v) is 14.2. The molecule has 2 aromatic rings. The summed E-state index contributed by atoms with van der Waals surface area (Å²) in [6.45, 7) is 0.961. The predicted octanol–water partition coefficient (Wildman–Crippen LogP) is -0.221. The van der Waals surface area contributed by atoms with Crippen molar-refractivity contribution in [3.05, 3.63) is 41.1 Å². The molecule has 0 saturated carbocycles. The van der Waals surface area contributed by atoms with Gasteiger partial charge in [-0.3, -0.25) is 14.6 Å². The van der Waals surface area contributed by atoms with Gasteiger partial charge in [0.2, 0.25) is 11.8 Å². The molecule has 1 aliphatic rings. The van der Waals surface area contributed by atoms with Gasteiger partial charge in [-0.25, -0.2) is 4.68 Å². The first-order valence-electron chi connectivity index (χ1n) is 7.99. The number of amides is 1. The molecule has 1 amide bonds. The Labute approximate surface area is 144 Å². The number of carbonyl (C=O) groups is 1. The average Bonchev–Trinajstić information content (AvgIpc) is 3.06. The zero-order chi connectivity index (χ0) is 17.8. The lowest BCUT2D eigenvalue weighted by molar-refractivity contribution is -0.131. The largest absolute Gasteiger partial charge is 0.471 e. The minimum absolute atomic E-state index is 0.0671. The molecule has 9 nitrogen and oxygen atoms in total. The van der Waals surface area contributed by atoms with Gasteiger partial charge in [0.25, 0.3) is 5.56 Å². The fourth-order valence-electron chi connectivity index (χ4n) is 2.57. The Morgan fingerprint density at radius 1 is 1.40 bits per heavy atom. The van der Waals surface area contributed by atoms with Crippen LogP contribution in [0.25, 0.3) is 0 Å². The van der Waals surface area contributed by atoms with E-state index in [0.29, 0.717) is 31.2 Å². The average molecular weight is 344 g/mol. The van der Waals surface area contributed by atoms with Crippen molar-refractivity contribution in [2.75, 3.05) is 32.1 Å². The van der Waals surface area contributed by atoms with Crippen molar-refractivity contribution < 1.29 is 9.53 Å². The Bertz CT molecular complexity index is 806. The van der Waals surface area contributed by atoms with Gasteiger partial charge in [0.1, 0.15) is 12.6 Å². The van der Waals surface area contributed by atoms with Gasteiger partial charge in [0.05, 0.1) is 18.9 Å². The van der Waals surface area contributed by atoms with E-state index in [-0.39, 0.29) is 24.1 Å². The summed E-state index contributed by atoms with van der Waals surface area (Å²) in [5, 5.41) is 3.91. The summed E-state index contributed by atoms with van der Waals surface area (Å²) in [4.78, 5) is 36.0. The number of ether oxygens (including phenoxy) is 1. The van der Waals surface area contributed by atoms with Crippen molar-refractivity contribution in [2.45, 2.75) is 19.1 Å². The van der Waals surface area contributed by atoms with Gasteiger partial charge in [0.15, 0.2) is 5.82 Å². The van der Waals surface area contributed by atoms with Gasteiger partial charge in [-0.2, -0.15) is 10.1 Å². The number of nitrogens with zero attached hydrogens (tertiary/aromatic N) is 6. The van der Waals surface area contributed by atoms with Crippen LogP contribution in [0.5, 0.6) is 5.88 Å². The zero-order valence-electron chi connectivity index (χ0n) is 14.2. The number of hydrogen-bond donors (Lipinski definition) is 0. The molecule has 1 aliphatic heterocycles.